The number of halogens is 1. The number of rotatable bonds is 12. The van der Waals surface area contributed by atoms with Gasteiger partial charge in [-0.3, -0.25) is 4.99 Å². The van der Waals surface area contributed by atoms with Gasteiger partial charge in [-0.2, -0.15) is 11.8 Å². The first kappa shape index (κ1) is 24.6. The van der Waals surface area contributed by atoms with E-state index < -0.39 is 0 Å². The van der Waals surface area contributed by atoms with Crippen molar-refractivity contribution in [1.29, 1.82) is 0 Å². The molecule has 0 aliphatic heterocycles. The van der Waals surface area contributed by atoms with Crippen molar-refractivity contribution in [2.24, 2.45) is 10.4 Å². The molecule has 0 spiro atoms. The quantitative estimate of drug-likeness (QED) is 0.186. The molecular formula is C16H36IN3OS. The number of hydrogen-bond donors (Lipinski definition) is 3. The van der Waals surface area contributed by atoms with Gasteiger partial charge in [0.1, 0.15) is 0 Å². The predicted octanol–water partition coefficient (Wildman–Crippen LogP) is 3.49. The Hall–Kier alpha value is 0.310. The first-order valence-electron chi connectivity index (χ1n) is 8.30. The summed E-state index contributed by atoms with van der Waals surface area (Å²) in [7, 11) is 0. The lowest BCUT2D eigenvalue weighted by Crippen LogP contribution is -2.39. The molecule has 0 unspecified atom stereocenters. The molecule has 0 saturated heterocycles. The van der Waals surface area contributed by atoms with Crippen molar-refractivity contribution >= 4 is 41.7 Å². The van der Waals surface area contributed by atoms with E-state index in [0.717, 1.165) is 44.9 Å². The third-order valence-corrected chi connectivity index (χ3v) is 4.82. The van der Waals surface area contributed by atoms with Crippen LogP contribution in [0.2, 0.25) is 0 Å². The van der Waals surface area contributed by atoms with Crippen LogP contribution < -0.4 is 10.6 Å². The lowest BCUT2D eigenvalue weighted by molar-refractivity contribution is 0.175. The van der Waals surface area contributed by atoms with Crippen molar-refractivity contribution in [3.8, 4) is 0 Å². The standard InChI is InChI=1S/C16H35N3OS.HI/c1-5-16(6-2,10-12-20)14-19-15(17-7-3)18-11-8-9-13-21-4;/h20H,5-14H2,1-4H3,(H2,17,18,19);1H. The second kappa shape index (κ2) is 16.2. The number of aliphatic hydroxyl groups is 1. The minimum absolute atomic E-state index is 0. The highest BCUT2D eigenvalue weighted by atomic mass is 127. The second-order valence-corrected chi connectivity index (χ2v) is 6.49. The van der Waals surface area contributed by atoms with Crippen molar-refractivity contribution in [3.05, 3.63) is 0 Å². The summed E-state index contributed by atoms with van der Waals surface area (Å²) in [6, 6.07) is 0. The Bertz CT molecular complexity index is 274. The summed E-state index contributed by atoms with van der Waals surface area (Å²) in [5, 5.41) is 16.0. The van der Waals surface area contributed by atoms with E-state index in [1.54, 1.807) is 0 Å². The van der Waals surface area contributed by atoms with Gasteiger partial charge in [0, 0.05) is 26.2 Å². The third-order valence-electron chi connectivity index (χ3n) is 4.13. The molecule has 0 saturated carbocycles. The fraction of sp³-hybridized carbons (Fsp3) is 0.938. The van der Waals surface area contributed by atoms with Gasteiger partial charge >= 0.3 is 0 Å². The fourth-order valence-electron chi connectivity index (χ4n) is 2.31. The van der Waals surface area contributed by atoms with Gasteiger partial charge in [0.2, 0.25) is 0 Å². The third kappa shape index (κ3) is 10.9. The van der Waals surface area contributed by atoms with Gasteiger partial charge in [0.25, 0.3) is 0 Å². The molecule has 134 valence electrons. The Kier molecular flexibility index (Phi) is 18.1. The smallest absolute Gasteiger partial charge is 0.191 e. The van der Waals surface area contributed by atoms with Crippen molar-refractivity contribution in [2.45, 2.75) is 52.9 Å². The molecular weight excluding hydrogens is 409 g/mol. The monoisotopic (exact) mass is 445 g/mol. The maximum absolute atomic E-state index is 9.27. The summed E-state index contributed by atoms with van der Waals surface area (Å²) in [5.74, 6) is 2.13. The minimum atomic E-state index is 0. The molecule has 0 fully saturated rings. The van der Waals surface area contributed by atoms with Gasteiger partial charge in [-0.1, -0.05) is 13.8 Å². The molecule has 3 N–H and O–H groups in total. The molecule has 0 aromatic carbocycles. The Morgan fingerprint density at radius 2 is 1.82 bits per heavy atom. The van der Waals surface area contributed by atoms with Crippen LogP contribution in [0.25, 0.3) is 0 Å². The van der Waals surface area contributed by atoms with Crippen LogP contribution in [-0.4, -0.2) is 49.3 Å². The van der Waals surface area contributed by atoms with Crippen LogP contribution in [0.3, 0.4) is 0 Å². The normalized spacial score (nSPS) is 12.0. The Morgan fingerprint density at radius 1 is 1.14 bits per heavy atom. The summed E-state index contributed by atoms with van der Waals surface area (Å²) in [5.41, 5.74) is 0.135. The Morgan fingerprint density at radius 3 is 2.32 bits per heavy atom. The van der Waals surface area contributed by atoms with E-state index in [4.69, 9.17) is 4.99 Å². The second-order valence-electron chi connectivity index (χ2n) is 5.50. The van der Waals surface area contributed by atoms with Gasteiger partial charge in [-0.15, -0.1) is 24.0 Å². The van der Waals surface area contributed by atoms with E-state index in [2.05, 4.69) is 37.7 Å². The van der Waals surface area contributed by atoms with Crippen LogP contribution in [-0.2, 0) is 0 Å². The molecule has 4 nitrogen and oxygen atoms in total. The average Bonchev–Trinajstić information content (AvgIpc) is 2.51. The highest BCUT2D eigenvalue weighted by molar-refractivity contribution is 14.0. The Labute approximate surface area is 158 Å². The molecule has 0 radical (unpaired) electrons. The predicted molar refractivity (Wildman–Crippen MR) is 112 cm³/mol. The van der Waals surface area contributed by atoms with Crippen LogP contribution in [0.5, 0.6) is 0 Å². The first-order chi connectivity index (χ1) is 10.2. The maximum atomic E-state index is 9.27. The lowest BCUT2D eigenvalue weighted by Gasteiger charge is -2.29. The Balaban J connectivity index is 0. The zero-order valence-electron chi connectivity index (χ0n) is 14.8. The van der Waals surface area contributed by atoms with E-state index in [1.165, 1.54) is 18.6 Å². The van der Waals surface area contributed by atoms with Crippen LogP contribution >= 0.6 is 35.7 Å². The zero-order valence-corrected chi connectivity index (χ0v) is 17.9. The van der Waals surface area contributed by atoms with Crippen molar-refractivity contribution in [1.82, 2.24) is 10.6 Å². The number of unbranched alkanes of at least 4 members (excludes halogenated alkanes) is 1. The molecule has 0 aliphatic carbocycles. The van der Waals surface area contributed by atoms with Gasteiger partial charge < -0.3 is 15.7 Å². The van der Waals surface area contributed by atoms with Gasteiger partial charge in [0.05, 0.1) is 0 Å². The maximum Gasteiger partial charge on any atom is 0.191 e. The van der Waals surface area contributed by atoms with Crippen LogP contribution in [0.1, 0.15) is 52.9 Å². The highest BCUT2D eigenvalue weighted by Crippen LogP contribution is 2.30. The van der Waals surface area contributed by atoms with Gasteiger partial charge in [-0.05, 0) is 56.5 Å². The molecule has 22 heavy (non-hydrogen) atoms. The molecule has 0 aliphatic rings. The molecule has 0 atom stereocenters. The van der Waals surface area contributed by atoms with E-state index >= 15 is 0 Å². The summed E-state index contributed by atoms with van der Waals surface area (Å²) in [6.45, 7) is 9.34. The average molecular weight is 445 g/mol. The topological polar surface area (TPSA) is 56.7 Å². The van der Waals surface area contributed by atoms with Crippen molar-refractivity contribution in [2.75, 3.05) is 38.2 Å². The van der Waals surface area contributed by atoms with E-state index in [0.29, 0.717) is 0 Å². The van der Waals surface area contributed by atoms with Crippen molar-refractivity contribution in [3.63, 3.8) is 0 Å². The summed E-state index contributed by atoms with van der Waals surface area (Å²) < 4.78 is 0. The highest BCUT2D eigenvalue weighted by Gasteiger charge is 2.25. The molecule has 0 rings (SSSR count). The van der Waals surface area contributed by atoms with Gasteiger partial charge in [-0.25, -0.2) is 0 Å². The summed E-state index contributed by atoms with van der Waals surface area (Å²) in [4.78, 5) is 4.74. The summed E-state index contributed by atoms with van der Waals surface area (Å²) in [6.07, 6.45) is 7.51. The largest absolute Gasteiger partial charge is 0.396 e. The van der Waals surface area contributed by atoms with E-state index in [9.17, 15) is 5.11 Å². The van der Waals surface area contributed by atoms with E-state index in [-0.39, 0.29) is 36.0 Å². The van der Waals surface area contributed by atoms with Crippen LogP contribution in [0.15, 0.2) is 4.99 Å². The molecule has 0 aromatic heterocycles. The molecule has 0 bridgehead atoms. The van der Waals surface area contributed by atoms with Gasteiger partial charge in [0.15, 0.2) is 5.96 Å². The minimum Gasteiger partial charge on any atom is -0.396 e. The van der Waals surface area contributed by atoms with Crippen LogP contribution in [0, 0.1) is 5.41 Å². The fourth-order valence-corrected chi connectivity index (χ4v) is 2.80. The SMILES string of the molecule is CCNC(=NCC(CC)(CC)CCO)NCCCCSC.I. The van der Waals surface area contributed by atoms with E-state index in [1.807, 2.05) is 11.8 Å². The number of nitrogens with one attached hydrogen (secondary N) is 2. The molecule has 0 amide bonds. The number of nitrogens with zero attached hydrogens (tertiary/aromatic N) is 1. The summed E-state index contributed by atoms with van der Waals surface area (Å²) >= 11 is 1.90. The van der Waals surface area contributed by atoms with Crippen LogP contribution in [0.4, 0.5) is 0 Å². The molecule has 6 heteroatoms. The number of aliphatic imine (C=N–C) groups is 1. The lowest BCUT2D eigenvalue weighted by atomic mass is 9.79. The number of thioether (sulfide) groups is 1. The number of guanidine groups is 1. The molecule has 0 heterocycles. The van der Waals surface area contributed by atoms with Crippen molar-refractivity contribution < 1.29 is 5.11 Å². The zero-order chi connectivity index (χ0) is 16.0. The number of hydrogen-bond acceptors (Lipinski definition) is 3. The first-order valence-corrected chi connectivity index (χ1v) is 9.69. The number of aliphatic hydroxyl groups excluding tert-OH is 1. The molecule has 0 aromatic rings.